The van der Waals surface area contributed by atoms with Crippen LogP contribution in [-0.4, -0.2) is 16.5 Å². The highest BCUT2D eigenvalue weighted by molar-refractivity contribution is 5.59. The molecule has 21 heavy (non-hydrogen) atoms. The summed E-state index contributed by atoms with van der Waals surface area (Å²) in [5, 5.41) is 5.79. The molecule has 0 radical (unpaired) electrons. The number of aryl methyl sites for hydroxylation is 1. The Bertz CT molecular complexity index is 623. The number of rotatable bonds is 5. The van der Waals surface area contributed by atoms with Gasteiger partial charge in [-0.25, -0.2) is 23.1 Å². The van der Waals surface area contributed by atoms with E-state index in [0.29, 0.717) is 30.4 Å². The third kappa shape index (κ3) is 3.62. The van der Waals surface area contributed by atoms with Crippen molar-refractivity contribution >= 4 is 17.3 Å². The van der Waals surface area contributed by atoms with Crippen LogP contribution in [0.1, 0.15) is 19.7 Å². The first-order valence-corrected chi connectivity index (χ1v) is 6.56. The first-order chi connectivity index (χ1) is 10.0. The van der Waals surface area contributed by atoms with Crippen LogP contribution in [-0.2, 0) is 6.42 Å². The molecule has 0 aliphatic carbocycles. The van der Waals surface area contributed by atoms with Crippen LogP contribution in [0.25, 0.3) is 0 Å². The predicted molar refractivity (Wildman–Crippen MR) is 75.2 cm³/mol. The maximum absolute atomic E-state index is 13.2. The van der Waals surface area contributed by atoms with Crippen LogP contribution >= 0.6 is 0 Å². The molecule has 0 aliphatic heterocycles. The van der Waals surface area contributed by atoms with Crippen LogP contribution in [0.2, 0.25) is 0 Å². The topological polar surface area (TPSA) is 49.8 Å². The van der Waals surface area contributed by atoms with E-state index in [-0.39, 0.29) is 5.69 Å². The summed E-state index contributed by atoms with van der Waals surface area (Å²) in [5.41, 5.74) is 0.0783. The van der Waals surface area contributed by atoms with Gasteiger partial charge in [0.05, 0.1) is 0 Å². The number of aromatic nitrogens is 2. The van der Waals surface area contributed by atoms with Gasteiger partial charge in [-0.3, -0.25) is 0 Å². The van der Waals surface area contributed by atoms with Gasteiger partial charge in [-0.05, 0) is 6.92 Å². The third-order valence-electron chi connectivity index (χ3n) is 2.70. The van der Waals surface area contributed by atoms with Gasteiger partial charge in [0.1, 0.15) is 17.5 Å². The maximum atomic E-state index is 13.2. The zero-order valence-electron chi connectivity index (χ0n) is 11.7. The second-order valence-electron chi connectivity index (χ2n) is 4.32. The average molecular weight is 296 g/mol. The number of nitrogens with one attached hydrogen (secondary N) is 2. The lowest BCUT2D eigenvalue weighted by molar-refractivity contribution is 0.448. The van der Waals surface area contributed by atoms with E-state index in [1.165, 1.54) is 0 Å². The Morgan fingerprint density at radius 2 is 1.57 bits per heavy atom. The Balaban J connectivity index is 2.32. The second-order valence-corrected chi connectivity index (χ2v) is 4.32. The average Bonchev–Trinajstić information content (AvgIpc) is 2.44. The molecule has 112 valence electrons. The van der Waals surface area contributed by atoms with Crippen molar-refractivity contribution < 1.29 is 13.2 Å². The minimum Gasteiger partial charge on any atom is -0.370 e. The van der Waals surface area contributed by atoms with Gasteiger partial charge in [0.15, 0.2) is 17.5 Å². The summed E-state index contributed by atoms with van der Waals surface area (Å²) in [5.74, 6) is -2.44. The minimum atomic E-state index is -1.49. The molecule has 1 heterocycles. The SMILES string of the molecule is CCNc1cc(Nc2cc(F)c(F)c(F)c2)nc(CC)n1. The quantitative estimate of drug-likeness (QED) is 0.827. The molecule has 0 bridgehead atoms. The molecule has 0 aliphatic rings. The summed E-state index contributed by atoms with van der Waals surface area (Å²) >= 11 is 0. The molecule has 2 N–H and O–H groups in total. The molecule has 1 aromatic carbocycles. The lowest BCUT2D eigenvalue weighted by Gasteiger charge is -2.10. The predicted octanol–water partition coefficient (Wildman–Crippen LogP) is 3.63. The number of hydrogen-bond acceptors (Lipinski definition) is 4. The molecule has 0 unspecified atom stereocenters. The van der Waals surface area contributed by atoms with Crippen LogP contribution in [0, 0.1) is 17.5 Å². The fraction of sp³-hybridized carbons (Fsp3) is 0.286. The summed E-state index contributed by atoms with van der Waals surface area (Å²) in [7, 11) is 0. The highest BCUT2D eigenvalue weighted by atomic mass is 19.2. The standard InChI is InChI=1S/C14H15F3N4/c1-3-11-20-12(18-4-2)7-13(21-11)19-8-5-9(15)14(17)10(16)6-8/h5-7H,3-4H2,1-2H3,(H2,18,19,20,21). The molecular formula is C14H15F3N4. The largest absolute Gasteiger partial charge is 0.370 e. The first kappa shape index (κ1) is 15.1. The number of hydrogen-bond donors (Lipinski definition) is 2. The Morgan fingerprint density at radius 3 is 2.14 bits per heavy atom. The van der Waals surface area contributed by atoms with E-state index in [0.717, 1.165) is 12.1 Å². The smallest absolute Gasteiger partial charge is 0.194 e. The molecule has 1 aromatic heterocycles. The fourth-order valence-electron chi connectivity index (χ4n) is 1.77. The third-order valence-corrected chi connectivity index (χ3v) is 2.70. The van der Waals surface area contributed by atoms with Crippen molar-refractivity contribution in [3.8, 4) is 0 Å². The highest BCUT2D eigenvalue weighted by Crippen LogP contribution is 2.22. The summed E-state index contributed by atoms with van der Waals surface area (Å²) in [4.78, 5) is 8.47. The fourth-order valence-corrected chi connectivity index (χ4v) is 1.77. The van der Waals surface area contributed by atoms with Crippen LogP contribution in [0.4, 0.5) is 30.5 Å². The molecule has 0 fully saturated rings. The highest BCUT2D eigenvalue weighted by Gasteiger charge is 2.11. The van der Waals surface area contributed by atoms with Crippen molar-refractivity contribution in [1.82, 2.24) is 9.97 Å². The molecule has 0 spiro atoms. The number of nitrogens with zero attached hydrogens (tertiary/aromatic N) is 2. The number of halogens is 3. The van der Waals surface area contributed by atoms with Gasteiger partial charge in [0, 0.05) is 36.9 Å². The van der Waals surface area contributed by atoms with E-state index in [9.17, 15) is 13.2 Å². The van der Waals surface area contributed by atoms with E-state index in [1.807, 2.05) is 13.8 Å². The van der Waals surface area contributed by atoms with E-state index < -0.39 is 17.5 Å². The molecule has 4 nitrogen and oxygen atoms in total. The summed E-state index contributed by atoms with van der Waals surface area (Å²) in [6.07, 6.45) is 0.611. The van der Waals surface area contributed by atoms with E-state index in [1.54, 1.807) is 6.07 Å². The lowest BCUT2D eigenvalue weighted by Crippen LogP contribution is -2.06. The first-order valence-electron chi connectivity index (χ1n) is 6.56. The van der Waals surface area contributed by atoms with Crippen molar-refractivity contribution in [2.45, 2.75) is 20.3 Å². The molecule has 2 aromatic rings. The van der Waals surface area contributed by atoms with E-state index >= 15 is 0 Å². The van der Waals surface area contributed by atoms with Gasteiger partial charge in [0.2, 0.25) is 0 Å². The van der Waals surface area contributed by atoms with Crippen LogP contribution in [0.5, 0.6) is 0 Å². The van der Waals surface area contributed by atoms with Crippen molar-refractivity contribution in [1.29, 1.82) is 0 Å². The Labute approximate surface area is 120 Å². The molecule has 7 heteroatoms. The molecule has 0 saturated heterocycles. The zero-order valence-corrected chi connectivity index (χ0v) is 11.7. The lowest BCUT2D eigenvalue weighted by atomic mass is 10.3. The number of benzene rings is 1. The van der Waals surface area contributed by atoms with Crippen molar-refractivity contribution in [2.24, 2.45) is 0 Å². The normalized spacial score (nSPS) is 10.5. The van der Waals surface area contributed by atoms with Crippen molar-refractivity contribution in [3.05, 3.63) is 41.5 Å². The van der Waals surface area contributed by atoms with Gasteiger partial charge in [-0.2, -0.15) is 0 Å². The maximum Gasteiger partial charge on any atom is 0.194 e. The van der Waals surface area contributed by atoms with Crippen LogP contribution < -0.4 is 10.6 Å². The molecule has 2 rings (SSSR count). The zero-order chi connectivity index (χ0) is 15.4. The van der Waals surface area contributed by atoms with Gasteiger partial charge in [0.25, 0.3) is 0 Å². The van der Waals surface area contributed by atoms with Crippen molar-refractivity contribution in [2.75, 3.05) is 17.2 Å². The second kappa shape index (κ2) is 6.43. The monoisotopic (exact) mass is 296 g/mol. The summed E-state index contributed by atoms with van der Waals surface area (Å²) < 4.78 is 39.3. The molecular weight excluding hydrogens is 281 g/mol. The number of anilines is 3. The van der Waals surface area contributed by atoms with Gasteiger partial charge < -0.3 is 10.6 Å². The van der Waals surface area contributed by atoms with E-state index in [2.05, 4.69) is 20.6 Å². The molecule has 0 saturated carbocycles. The van der Waals surface area contributed by atoms with Gasteiger partial charge in [-0.1, -0.05) is 6.92 Å². The van der Waals surface area contributed by atoms with Crippen LogP contribution in [0.3, 0.4) is 0 Å². The Morgan fingerprint density at radius 1 is 0.952 bits per heavy atom. The Hall–Kier alpha value is -2.31. The Kier molecular flexibility index (Phi) is 4.62. The van der Waals surface area contributed by atoms with E-state index in [4.69, 9.17) is 0 Å². The van der Waals surface area contributed by atoms with Crippen LogP contribution in [0.15, 0.2) is 18.2 Å². The molecule has 0 atom stereocenters. The minimum absolute atomic E-state index is 0.0783. The van der Waals surface area contributed by atoms with Gasteiger partial charge in [-0.15, -0.1) is 0 Å². The summed E-state index contributed by atoms with van der Waals surface area (Å²) in [6, 6.07) is 3.36. The van der Waals surface area contributed by atoms with Gasteiger partial charge >= 0.3 is 0 Å². The van der Waals surface area contributed by atoms with Crippen molar-refractivity contribution in [3.63, 3.8) is 0 Å². The summed E-state index contributed by atoms with van der Waals surface area (Å²) in [6.45, 7) is 4.50. The molecule has 0 amide bonds.